The summed E-state index contributed by atoms with van der Waals surface area (Å²) in [4.78, 5) is 16.1. The fourth-order valence-electron chi connectivity index (χ4n) is 2.62. The second-order valence-electron chi connectivity index (χ2n) is 6.12. The van der Waals surface area contributed by atoms with Crippen LogP contribution in [0.1, 0.15) is 5.56 Å². The first-order chi connectivity index (χ1) is 15.2. The monoisotopic (exact) mass is 621 g/mol. The molecule has 0 fully saturated rings. The second kappa shape index (κ2) is 9.56. The van der Waals surface area contributed by atoms with Gasteiger partial charge in [0.25, 0.3) is 0 Å². The maximum Gasteiger partial charge on any atom is 0.416 e. The zero-order valence-electron chi connectivity index (χ0n) is 15.5. The predicted octanol–water partition coefficient (Wildman–Crippen LogP) is 8.32. The van der Waals surface area contributed by atoms with Crippen LogP contribution in [0.4, 0.5) is 24.7 Å². The van der Waals surface area contributed by atoms with Crippen molar-refractivity contribution in [3.63, 3.8) is 0 Å². The van der Waals surface area contributed by atoms with Crippen molar-refractivity contribution in [2.24, 2.45) is 0 Å². The van der Waals surface area contributed by atoms with Crippen molar-refractivity contribution in [2.45, 2.75) is 6.18 Å². The molecule has 0 saturated carbocycles. The minimum atomic E-state index is -4.37. The van der Waals surface area contributed by atoms with Crippen molar-refractivity contribution >= 4 is 98.1 Å². The van der Waals surface area contributed by atoms with E-state index in [4.69, 9.17) is 11.6 Å². The fourth-order valence-corrected chi connectivity index (χ4v) is 5.78. The number of nitrogens with one attached hydrogen (secondary N) is 1. The number of hydrogen-bond acceptors (Lipinski definition) is 7. The third-order valence-corrected chi connectivity index (χ3v) is 7.64. The molecule has 0 bridgehead atoms. The number of aromatic nitrogens is 4. The third kappa shape index (κ3) is 5.37. The van der Waals surface area contributed by atoms with Crippen LogP contribution in [-0.4, -0.2) is 19.9 Å². The molecule has 5 rings (SSSR count). The Balaban J connectivity index is 0.000000186. The van der Waals surface area contributed by atoms with Gasteiger partial charge in [0.2, 0.25) is 0 Å². The first-order valence-electron chi connectivity index (χ1n) is 8.60. The summed E-state index contributed by atoms with van der Waals surface area (Å²) in [5.41, 5.74) is 1.25. The summed E-state index contributed by atoms with van der Waals surface area (Å²) >= 11 is 15.5. The zero-order valence-corrected chi connectivity index (χ0v) is 21.1. The van der Waals surface area contributed by atoms with E-state index in [1.807, 2.05) is 12.1 Å². The van der Waals surface area contributed by atoms with Gasteiger partial charge in [0.1, 0.15) is 17.8 Å². The number of anilines is 2. The van der Waals surface area contributed by atoms with Gasteiger partial charge in [0, 0.05) is 5.69 Å². The molecule has 13 heteroatoms. The summed E-state index contributed by atoms with van der Waals surface area (Å²) in [6.45, 7) is 0. The lowest BCUT2D eigenvalue weighted by molar-refractivity contribution is -0.137. The molecule has 0 aliphatic rings. The standard InChI is InChI=1S/C13H7BrF3N3S.C6H2BrClN2S/c14-10-5-9-11(21-10)12(19-6-18-9)20-8-3-1-2-7(4-8)13(15,16)17;7-4-1-3-5(11-4)6(8)10-2-9-3/h1-6H,(H,18,19,20);1-2H. The van der Waals surface area contributed by atoms with Crippen molar-refractivity contribution < 1.29 is 13.2 Å². The summed E-state index contributed by atoms with van der Waals surface area (Å²) in [6.07, 6.45) is -1.54. The van der Waals surface area contributed by atoms with Gasteiger partial charge in [0.05, 0.1) is 33.6 Å². The topological polar surface area (TPSA) is 63.6 Å². The number of thiophene rings is 2. The highest BCUT2D eigenvalue weighted by molar-refractivity contribution is 9.11. The molecule has 0 saturated heterocycles. The third-order valence-electron chi connectivity index (χ3n) is 3.97. The lowest BCUT2D eigenvalue weighted by Crippen LogP contribution is -2.05. The van der Waals surface area contributed by atoms with Crippen LogP contribution in [0.15, 0.2) is 56.6 Å². The molecule has 1 aromatic carbocycles. The first-order valence-corrected chi connectivity index (χ1v) is 12.2. The largest absolute Gasteiger partial charge is 0.416 e. The van der Waals surface area contributed by atoms with Crippen LogP contribution in [0.25, 0.3) is 20.4 Å². The van der Waals surface area contributed by atoms with E-state index in [-0.39, 0.29) is 0 Å². The maximum absolute atomic E-state index is 12.7. The number of rotatable bonds is 2. The molecule has 0 unspecified atom stereocenters. The molecule has 0 amide bonds. The van der Waals surface area contributed by atoms with Crippen molar-refractivity contribution in [2.75, 3.05) is 5.32 Å². The average molecular weight is 624 g/mol. The summed E-state index contributed by atoms with van der Waals surface area (Å²) in [6, 6.07) is 8.76. The van der Waals surface area contributed by atoms with Gasteiger partial charge in [-0.2, -0.15) is 13.2 Å². The number of benzene rings is 1. The summed E-state index contributed by atoms with van der Waals surface area (Å²) < 4.78 is 41.7. The molecular formula is C19H9Br2ClF3N5S2. The number of halogens is 6. The molecular weight excluding hydrogens is 615 g/mol. The van der Waals surface area contributed by atoms with E-state index in [0.29, 0.717) is 16.7 Å². The molecule has 0 aliphatic carbocycles. The van der Waals surface area contributed by atoms with Crippen LogP contribution in [-0.2, 0) is 6.18 Å². The van der Waals surface area contributed by atoms with Crippen LogP contribution >= 0.6 is 66.1 Å². The normalized spacial score (nSPS) is 11.4. The molecule has 4 aromatic heterocycles. The van der Waals surface area contributed by atoms with Crippen molar-refractivity contribution in [1.82, 2.24) is 19.9 Å². The smallest absolute Gasteiger partial charge is 0.339 e. The highest BCUT2D eigenvalue weighted by atomic mass is 79.9. The molecule has 4 heterocycles. The quantitative estimate of drug-likeness (QED) is 0.200. The van der Waals surface area contributed by atoms with Gasteiger partial charge in [-0.15, -0.1) is 22.7 Å². The van der Waals surface area contributed by atoms with Gasteiger partial charge in [-0.1, -0.05) is 17.7 Å². The molecule has 0 radical (unpaired) electrons. The number of nitrogens with zero attached hydrogens (tertiary/aromatic N) is 4. The van der Waals surface area contributed by atoms with E-state index in [0.717, 1.165) is 40.1 Å². The molecule has 1 N–H and O–H groups in total. The molecule has 164 valence electrons. The Kier molecular flexibility index (Phi) is 6.96. The SMILES string of the molecule is Clc1ncnc2cc(Br)sc12.FC(F)(F)c1cccc(Nc2ncnc3cc(Br)sc23)c1. The van der Waals surface area contributed by atoms with Gasteiger partial charge in [-0.3, -0.25) is 0 Å². The zero-order chi connectivity index (χ0) is 22.9. The highest BCUT2D eigenvalue weighted by Crippen LogP contribution is 2.35. The van der Waals surface area contributed by atoms with Crippen LogP contribution < -0.4 is 5.32 Å². The Morgan fingerprint density at radius 1 is 0.844 bits per heavy atom. The van der Waals surface area contributed by atoms with Crippen molar-refractivity contribution in [3.8, 4) is 0 Å². The predicted molar refractivity (Wildman–Crippen MR) is 130 cm³/mol. The number of alkyl halides is 3. The number of fused-ring (bicyclic) bond motifs is 2. The Morgan fingerprint density at radius 3 is 2.12 bits per heavy atom. The van der Waals surface area contributed by atoms with Crippen LogP contribution in [0, 0.1) is 0 Å². The minimum absolute atomic E-state index is 0.328. The maximum atomic E-state index is 12.7. The summed E-state index contributed by atoms with van der Waals surface area (Å²) in [7, 11) is 0. The van der Waals surface area contributed by atoms with E-state index in [1.54, 1.807) is 6.07 Å². The van der Waals surface area contributed by atoms with E-state index in [2.05, 4.69) is 57.1 Å². The summed E-state index contributed by atoms with van der Waals surface area (Å²) in [5.74, 6) is 0.482. The Labute approximate surface area is 209 Å². The second-order valence-corrected chi connectivity index (χ2v) is 11.3. The van der Waals surface area contributed by atoms with E-state index in [9.17, 15) is 13.2 Å². The lowest BCUT2D eigenvalue weighted by Gasteiger charge is -2.10. The van der Waals surface area contributed by atoms with Gasteiger partial charge in [-0.05, 0) is 62.2 Å². The average Bonchev–Trinajstić information content (AvgIpc) is 3.31. The van der Waals surface area contributed by atoms with Crippen LogP contribution in [0.3, 0.4) is 0 Å². The molecule has 0 spiro atoms. The molecule has 5 aromatic rings. The van der Waals surface area contributed by atoms with Crippen molar-refractivity contribution in [3.05, 3.63) is 67.3 Å². The molecule has 5 nitrogen and oxygen atoms in total. The Hall–Kier alpha value is -1.86. The first kappa shape index (κ1) is 23.3. The van der Waals surface area contributed by atoms with E-state index < -0.39 is 11.7 Å². The van der Waals surface area contributed by atoms with Gasteiger partial charge < -0.3 is 5.32 Å². The lowest BCUT2D eigenvalue weighted by atomic mass is 10.2. The van der Waals surface area contributed by atoms with E-state index in [1.165, 1.54) is 41.4 Å². The molecule has 0 aliphatic heterocycles. The minimum Gasteiger partial charge on any atom is -0.339 e. The fraction of sp³-hybridized carbons (Fsp3) is 0.0526. The van der Waals surface area contributed by atoms with Crippen LogP contribution in [0.5, 0.6) is 0 Å². The number of hydrogen-bond donors (Lipinski definition) is 1. The Bertz CT molecular complexity index is 1410. The molecule has 0 atom stereocenters. The van der Waals surface area contributed by atoms with Gasteiger partial charge >= 0.3 is 6.18 Å². The molecule has 32 heavy (non-hydrogen) atoms. The van der Waals surface area contributed by atoms with Gasteiger partial charge in [-0.25, -0.2) is 19.9 Å². The summed E-state index contributed by atoms with van der Waals surface area (Å²) in [5, 5.41) is 3.43. The van der Waals surface area contributed by atoms with Gasteiger partial charge in [0.15, 0.2) is 5.82 Å². The highest BCUT2D eigenvalue weighted by Gasteiger charge is 2.30. The van der Waals surface area contributed by atoms with E-state index >= 15 is 0 Å². The van der Waals surface area contributed by atoms with Crippen LogP contribution in [0.2, 0.25) is 5.15 Å². The van der Waals surface area contributed by atoms with Crippen molar-refractivity contribution in [1.29, 1.82) is 0 Å². The Morgan fingerprint density at radius 2 is 1.47 bits per heavy atom.